The van der Waals surface area contributed by atoms with Gasteiger partial charge in [-0.05, 0) is 18.2 Å². The van der Waals surface area contributed by atoms with Crippen LogP contribution in [0.1, 0.15) is 26.5 Å². The van der Waals surface area contributed by atoms with Gasteiger partial charge < -0.3 is 5.32 Å². The van der Waals surface area contributed by atoms with Crippen LogP contribution in [0.25, 0.3) is 10.9 Å². The Morgan fingerprint density at radius 2 is 1.78 bits per heavy atom. The minimum absolute atomic E-state index is 0.0193. The van der Waals surface area contributed by atoms with Crippen LogP contribution in [0, 0.1) is 0 Å². The smallest absolute Gasteiger partial charge is 0.0756 e. The molecule has 0 radical (unpaired) electrons. The lowest BCUT2D eigenvalue weighted by atomic mass is 9.91. The van der Waals surface area contributed by atoms with Crippen molar-refractivity contribution in [3.8, 4) is 0 Å². The van der Waals surface area contributed by atoms with Crippen molar-refractivity contribution in [2.24, 2.45) is 0 Å². The molecular formula is C14H16Cl2N2. The summed E-state index contributed by atoms with van der Waals surface area (Å²) in [4.78, 5) is 4.67. The third kappa shape index (κ3) is 2.40. The first-order chi connectivity index (χ1) is 8.32. The highest BCUT2D eigenvalue weighted by molar-refractivity contribution is 6.39. The number of pyridine rings is 1. The zero-order chi connectivity index (χ0) is 13.5. The number of hydrogen-bond acceptors (Lipinski definition) is 2. The first-order valence-corrected chi connectivity index (χ1v) is 6.56. The first-order valence-electron chi connectivity index (χ1n) is 5.81. The van der Waals surface area contributed by atoms with Crippen LogP contribution in [0.3, 0.4) is 0 Å². The van der Waals surface area contributed by atoms with Crippen LogP contribution in [-0.2, 0) is 5.41 Å². The van der Waals surface area contributed by atoms with Gasteiger partial charge in [-0.1, -0.05) is 44.0 Å². The molecule has 0 amide bonds. The fraction of sp³-hybridized carbons (Fsp3) is 0.357. The molecule has 1 aromatic carbocycles. The van der Waals surface area contributed by atoms with E-state index >= 15 is 0 Å². The minimum Gasteiger partial charge on any atom is -0.387 e. The molecule has 0 aliphatic heterocycles. The molecule has 2 nitrogen and oxygen atoms in total. The number of halogens is 2. The summed E-state index contributed by atoms with van der Waals surface area (Å²) in [5, 5.41) is 5.31. The lowest BCUT2D eigenvalue weighted by molar-refractivity contribution is 0.572. The van der Waals surface area contributed by atoms with E-state index < -0.39 is 0 Å². The number of hydrogen-bond donors (Lipinski definition) is 1. The van der Waals surface area contributed by atoms with Gasteiger partial charge in [-0.25, -0.2) is 0 Å². The third-order valence-electron chi connectivity index (χ3n) is 2.86. The van der Waals surface area contributed by atoms with Crippen molar-refractivity contribution in [1.29, 1.82) is 0 Å². The molecule has 1 aromatic heterocycles. The molecule has 1 heterocycles. The van der Waals surface area contributed by atoms with Gasteiger partial charge >= 0.3 is 0 Å². The molecule has 2 aromatic rings. The molecule has 0 fully saturated rings. The van der Waals surface area contributed by atoms with Crippen LogP contribution in [-0.4, -0.2) is 12.0 Å². The second-order valence-corrected chi connectivity index (χ2v) is 6.18. The molecule has 4 heteroatoms. The standard InChI is InChI=1S/C14H16Cl2N2/c1-14(2,3)12-7-10(17-4)13-9(16)5-8(15)6-11(13)18-12/h5-7H,1-4H3,(H,17,18). The highest BCUT2D eigenvalue weighted by Gasteiger charge is 2.18. The van der Waals surface area contributed by atoms with Gasteiger partial charge in [0.2, 0.25) is 0 Å². The van der Waals surface area contributed by atoms with Crippen molar-refractivity contribution in [2.45, 2.75) is 26.2 Å². The van der Waals surface area contributed by atoms with Gasteiger partial charge in [0, 0.05) is 34.3 Å². The SMILES string of the molecule is CNc1cc(C(C)(C)C)nc2cc(Cl)cc(Cl)c12. The molecule has 18 heavy (non-hydrogen) atoms. The van der Waals surface area contributed by atoms with Crippen LogP contribution in [0.5, 0.6) is 0 Å². The molecule has 0 aliphatic carbocycles. The maximum Gasteiger partial charge on any atom is 0.0756 e. The summed E-state index contributed by atoms with van der Waals surface area (Å²) in [6.07, 6.45) is 0. The Kier molecular flexibility index (Phi) is 3.43. The summed E-state index contributed by atoms with van der Waals surface area (Å²) >= 11 is 12.3. The summed E-state index contributed by atoms with van der Waals surface area (Å²) in [6.45, 7) is 6.40. The second-order valence-electron chi connectivity index (χ2n) is 5.34. The minimum atomic E-state index is -0.0193. The average Bonchev–Trinajstić information content (AvgIpc) is 2.25. The maximum absolute atomic E-state index is 6.25. The number of fused-ring (bicyclic) bond motifs is 1. The Hall–Kier alpha value is -0.990. The summed E-state index contributed by atoms with van der Waals surface area (Å²) in [5.74, 6) is 0. The third-order valence-corrected chi connectivity index (χ3v) is 3.38. The number of benzene rings is 1. The molecule has 0 spiro atoms. The van der Waals surface area contributed by atoms with Crippen molar-refractivity contribution in [3.05, 3.63) is 33.9 Å². The Morgan fingerprint density at radius 3 is 2.33 bits per heavy atom. The van der Waals surface area contributed by atoms with E-state index in [-0.39, 0.29) is 5.41 Å². The molecule has 0 aliphatic rings. The monoisotopic (exact) mass is 282 g/mol. The molecule has 96 valence electrons. The number of nitrogens with one attached hydrogen (secondary N) is 1. The van der Waals surface area contributed by atoms with E-state index in [0.29, 0.717) is 10.0 Å². The fourth-order valence-electron chi connectivity index (χ4n) is 1.87. The molecule has 1 N–H and O–H groups in total. The summed E-state index contributed by atoms with van der Waals surface area (Å²) in [7, 11) is 1.88. The Bertz CT molecular complexity index is 601. The van der Waals surface area contributed by atoms with E-state index in [2.05, 4.69) is 31.1 Å². The van der Waals surface area contributed by atoms with E-state index in [1.54, 1.807) is 6.07 Å². The molecule has 0 saturated carbocycles. The van der Waals surface area contributed by atoms with Crippen LogP contribution in [0.2, 0.25) is 10.0 Å². The largest absolute Gasteiger partial charge is 0.387 e. The predicted octanol–water partition coefficient (Wildman–Crippen LogP) is 4.88. The van der Waals surface area contributed by atoms with Crippen molar-refractivity contribution in [1.82, 2.24) is 4.98 Å². The maximum atomic E-state index is 6.25. The predicted molar refractivity (Wildman–Crippen MR) is 80.0 cm³/mol. The van der Waals surface area contributed by atoms with Gasteiger partial charge in [0.1, 0.15) is 0 Å². The van der Waals surface area contributed by atoms with Crippen LogP contribution < -0.4 is 5.32 Å². The van der Waals surface area contributed by atoms with Crippen LogP contribution >= 0.6 is 23.2 Å². The van der Waals surface area contributed by atoms with Gasteiger partial charge in [0.15, 0.2) is 0 Å². The summed E-state index contributed by atoms with van der Waals surface area (Å²) in [5.41, 5.74) is 2.79. The Balaban J connectivity index is 2.84. The molecule has 0 atom stereocenters. The van der Waals surface area contributed by atoms with E-state index in [9.17, 15) is 0 Å². The topological polar surface area (TPSA) is 24.9 Å². The van der Waals surface area contributed by atoms with Gasteiger partial charge in [0.25, 0.3) is 0 Å². The van der Waals surface area contributed by atoms with Gasteiger partial charge in [-0.3, -0.25) is 4.98 Å². The molecule has 0 bridgehead atoms. The average molecular weight is 283 g/mol. The van der Waals surface area contributed by atoms with Crippen molar-refractivity contribution < 1.29 is 0 Å². The summed E-state index contributed by atoms with van der Waals surface area (Å²) in [6, 6.07) is 5.63. The van der Waals surface area contributed by atoms with Gasteiger partial charge in [-0.2, -0.15) is 0 Å². The quantitative estimate of drug-likeness (QED) is 0.806. The highest BCUT2D eigenvalue weighted by Crippen LogP contribution is 2.35. The van der Waals surface area contributed by atoms with E-state index in [0.717, 1.165) is 22.3 Å². The normalized spacial score (nSPS) is 11.9. The van der Waals surface area contributed by atoms with E-state index in [1.807, 2.05) is 19.2 Å². The van der Waals surface area contributed by atoms with Gasteiger partial charge in [-0.15, -0.1) is 0 Å². The molecule has 2 rings (SSSR count). The molecule has 0 saturated heterocycles. The van der Waals surface area contributed by atoms with Gasteiger partial charge in [0.05, 0.1) is 10.5 Å². The van der Waals surface area contributed by atoms with Crippen molar-refractivity contribution in [3.63, 3.8) is 0 Å². The molecular weight excluding hydrogens is 267 g/mol. The first kappa shape index (κ1) is 13.4. The van der Waals surface area contributed by atoms with Crippen molar-refractivity contribution >= 4 is 39.8 Å². The van der Waals surface area contributed by atoms with Crippen molar-refractivity contribution in [2.75, 3.05) is 12.4 Å². The fourth-order valence-corrected chi connectivity index (χ4v) is 2.45. The van der Waals surface area contributed by atoms with E-state index in [4.69, 9.17) is 23.2 Å². The zero-order valence-corrected chi connectivity index (χ0v) is 12.4. The lowest BCUT2D eigenvalue weighted by Crippen LogP contribution is -2.14. The van der Waals surface area contributed by atoms with E-state index in [1.165, 1.54) is 0 Å². The number of anilines is 1. The number of aromatic nitrogens is 1. The number of rotatable bonds is 1. The Morgan fingerprint density at radius 1 is 1.11 bits per heavy atom. The number of nitrogens with zero attached hydrogens (tertiary/aromatic N) is 1. The molecule has 0 unspecified atom stereocenters. The zero-order valence-electron chi connectivity index (χ0n) is 10.9. The Labute approximate surface area is 117 Å². The van der Waals surface area contributed by atoms with Crippen LogP contribution in [0.15, 0.2) is 18.2 Å². The lowest BCUT2D eigenvalue weighted by Gasteiger charge is -2.20. The highest BCUT2D eigenvalue weighted by atomic mass is 35.5. The van der Waals surface area contributed by atoms with Crippen LogP contribution in [0.4, 0.5) is 5.69 Å². The second kappa shape index (κ2) is 4.60. The summed E-state index contributed by atoms with van der Waals surface area (Å²) < 4.78 is 0.